The van der Waals surface area contributed by atoms with Crippen molar-refractivity contribution in [1.82, 2.24) is 4.98 Å². The van der Waals surface area contributed by atoms with Gasteiger partial charge in [0.15, 0.2) is 5.75 Å². The molecule has 0 saturated heterocycles. The maximum atomic E-state index is 12.0. The minimum atomic E-state index is -0.466. The summed E-state index contributed by atoms with van der Waals surface area (Å²) in [6.45, 7) is 1.71. The van der Waals surface area contributed by atoms with Gasteiger partial charge in [0.1, 0.15) is 9.85 Å². The molecule has 1 atom stereocenters. The number of hydrogen-bond acceptors (Lipinski definition) is 6. The summed E-state index contributed by atoms with van der Waals surface area (Å²) in [6, 6.07) is 9.31. The van der Waals surface area contributed by atoms with E-state index in [4.69, 9.17) is 4.74 Å². The maximum absolute atomic E-state index is 12.0. The molecule has 0 fully saturated rings. The molecule has 1 aromatic carbocycles. The molecule has 0 spiro atoms. The van der Waals surface area contributed by atoms with E-state index in [1.165, 1.54) is 23.9 Å². The zero-order valence-corrected chi connectivity index (χ0v) is 13.8. The zero-order chi connectivity index (χ0) is 16.1. The summed E-state index contributed by atoms with van der Waals surface area (Å²) in [4.78, 5) is 26.9. The van der Waals surface area contributed by atoms with Crippen molar-refractivity contribution >= 4 is 39.3 Å². The van der Waals surface area contributed by atoms with Crippen LogP contribution in [-0.4, -0.2) is 21.1 Å². The fourth-order valence-corrected chi connectivity index (χ4v) is 2.71. The number of nitro groups is 1. The lowest BCUT2D eigenvalue weighted by molar-refractivity contribution is -0.384. The van der Waals surface area contributed by atoms with Gasteiger partial charge < -0.3 is 4.74 Å². The van der Waals surface area contributed by atoms with Gasteiger partial charge >= 0.3 is 5.97 Å². The van der Waals surface area contributed by atoms with Crippen molar-refractivity contribution < 1.29 is 14.5 Å². The summed E-state index contributed by atoms with van der Waals surface area (Å²) in [5.74, 6) is -0.0688. The third kappa shape index (κ3) is 4.28. The molecule has 0 amide bonds. The number of benzene rings is 1. The van der Waals surface area contributed by atoms with Crippen molar-refractivity contribution in [2.24, 2.45) is 0 Å². The van der Waals surface area contributed by atoms with E-state index < -0.39 is 16.1 Å². The van der Waals surface area contributed by atoms with E-state index in [1.54, 1.807) is 37.4 Å². The number of halogens is 1. The second kappa shape index (κ2) is 7.37. The normalized spacial score (nSPS) is 11.7. The van der Waals surface area contributed by atoms with Crippen LogP contribution in [0.2, 0.25) is 0 Å². The Hall–Kier alpha value is -1.93. The molecule has 0 aliphatic rings. The van der Waals surface area contributed by atoms with Gasteiger partial charge in [0, 0.05) is 23.2 Å². The zero-order valence-electron chi connectivity index (χ0n) is 11.4. The first-order valence-electron chi connectivity index (χ1n) is 6.20. The van der Waals surface area contributed by atoms with E-state index in [2.05, 4.69) is 20.9 Å². The standard InChI is InChI=1S/C14H11BrN2O4S/c1-9(14(18)21-12-3-2-8-16-13(12)15)22-11-6-4-10(5-7-11)17(19)20/h2-9H,1H3. The largest absolute Gasteiger partial charge is 0.423 e. The Bertz CT molecular complexity index is 693. The highest BCUT2D eigenvalue weighted by molar-refractivity contribution is 9.10. The third-order valence-corrected chi connectivity index (χ3v) is 4.31. The Morgan fingerprint density at radius 1 is 1.36 bits per heavy atom. The minimum absolute atomic E-state index is 0.0128. The molecule has 0 bridgehead atoms. The first-order chi connectivity index (χ1) is 10.5. The number of thioether (sulfide) groups is 1. The smallest absolute Gasteiger partial charge is 0.324 e. The highest BCUT2D eigenvalue weighted by Crippen LogP contribution is 2.28. The van der Waals surface area contributed by atoms with Crippen LogP contribution in [0.5, 0.6) is 5.75 Å². The molecule has 114 valence electrons. The molecule has 0 aliphatic carbocycles. The second-order valence-corrected chi connectivity index (χ2v) is 6.39. The van der Waals surface area contributed by atoms with Crippen LogP contribution in [0, 0.1) is 10.1 Å². The number of carbonyl (C=O) groups excluding carboxylic acids is 1. The third-order valence-electron chi connectivity index (χ3n) is 2.63. The average molecular weight is 383 g/mol. The Morgan fingerprint density at radius 2 is 2.05 bits per heavy atom. The van der Waals surface area contributed by atoms with Crippen LogP contribution in [0.1, 0.15) is 6.92 Å². The number of pyridine rings is 1. The van der Waals surface area contributed by atoms with E-state index >= 15 is 0 Å². The van der Waals surface area contributed by atoms with Gasteiger partial charge in [0.25, 0.3) is 5.69 Å². The van der Waals surface area contributed by atoms with E-state index in [0.29, 0.717) is 10.4 Å². The number of ether oxygens (including phenoxy) is 1. The topological polar surface area (TPSA) is 82.3 Å². The predicted octanol–water partition coefficient (Wildman–Crippen LogP) is 3.84. The van der Waals surface area contributed by atoms with E-state index in [9.17, 15) is 14.9 Å². The number of carbonyl (C=O) groups is 1. The van der Waals surface area contributed by atoms with Gasteiger partial charge in [-0.05, 0) is 47.1 Å². The molecule has 1 heterocycles. The molecular formula is C14H11BrN2O4S. The summed E-state index contributed by atoms with van der Waals surface area (Å²) in [5, 5.41) is 10.1. The van der Waals surface area contributed by atoms with Gasteiger partial charge in [0.05, 0.1) is 4.92 Å². The van der Waals surface area contributed by atoms with E-state index in [0.717, 1.165) is 4.90 Å². The van der Waals surface area contributed by atoms with Crippen molar-refractivity contribution in [2.75, 3.05) is 0 Å². The predicted molar refractivity (Wildman–Crippen MR) is 86.0 cm³/mol. The summed E-state index contributed by atoms with van der Waals surface area (Å²) < 4.78 is 5.72. The van der Waals surface area contributed by atoms with Gasteiger partial charge in [-0.15, -0.1) is 11.8 Å². The van der Waals surface area contributed by atoms with Crippen LogP contribution < -0.4 is 4.74 Å². The van der Waals surface area contributed by atoms with Crippen LogP contribution in [0.4, 0.5) is 5.69 Å². The highest BCUT2D eigenvalue weighted by Gasteiger charge is 2.18. The molecule has 1 aromatic heterocycles. The molecule has 0 saturated carbocycles. The van der Waals surface area contributed by atoms with Gasteiger partial charge in [0.2, 0.25) is 0 Å². The highest BCUT2D eigenvalue weighted by atomic mass is 79.9. The molecule has 1 unspecified atom stereocenters. The molecule has 0 radical (unpaired) electrons. The van der Waals surface area contributed by atoms with Crippen molar-refractivity contribution in [3.05, 3.63) is 57.3 Å². The SMILES string of the molecule is CC(Sc1ccc([N+](=O)[O-])cc1)C(=O)Oc1cccnc1Br. The summed E-state index contributed by atoms with van der Waals surface area (Å²) in [7, 11) is 0. The lowest BCUT2D eigenvalue weighted by Gasteiger charge is -2.11. The average Bonchev–Trinajstić information content (AvgIpc) is 2.50. The number of non-ortho nitro benzene ring substituents is 1. The number of aromatic nitrogens is 1. The van der Waals surface area contributed by atoms with Crippen LogP contribution in [0.25, 0.3) is 0 Å². The van der Waals surface area contributed by atoms with Crippen molar-refractivity contribution in [1.29, 1.82) is 0 Å². The van der Waals surface area contributed by atoms with E-state index in [-0.39, 0.29) is 5.69 Å². The fourth-order valence-electron chi connectivity index (χ4n) is 1.54. The number of nitro benzene ring substituents is 1. The maximum Gasteiger partial charge on any atom is 0.324 e. The lowest BCUT2D eigenvalue weighted by atomic mass is 10.3. The van der Waals surface area contributed by atoms with Gasteiger partial charge in [-0.1, -0.05) is 0 Å². The monoisotopic (exact) mass is 382 g/mol. The molecule has 22 heavy (non-hydrogen) atoms. The quantitative estimate of drug-likeness (QED) is 0.257. The summed E-state index contributed by atoms with van der Waals surface area (Å²) in [6.07, 6.45) is 1.58. The van der Waals surface area contributed by atoms with Crippen LogP contribution >= 0.6 is 27.7 Å². The molecule has 0 aliphatic heterocycles. The summed E-state index contributed by atoms with van der Waals surface area (Å²) in [5.41, 5.74) is 0.0128. The van der Waals surface area contributed by atoms with Crippen LogP contribution in [0.15, 0.2) is 52.1 Å². The molecule has 0 N–H and O–H groups in total. The van der Waals surface area contributed by atoms with Crippen molar-refractivity contribution in [2.45, 2.75) is 17.1 Å². The lowest BCUT2D eigenvalue weighted by Crippen LogP contribution is -2.20. The summed E-state index contributed by atoms with van der Waals surface area (Å²) >= 11 is 4.47. The van der Waals surface area contributed by atoms with Gasteiger partial charge in [-0.3, -0.25) is 14.9 Å². The number of hydrogen-bond donors (Lipinski definition) is 0. The Kier molecular flexibility index (Phi) is 5.51. The Labute approximate surface area is 139 Å². The molecule has 2 rings (SSSR count). The van der Waals surface area contributed by atoms with Crippen LogP contribution in [-0.2, 0) is 4.79 Å². The minimum Gasteiger partial charge on any atom is -0.423 e. The first kappa shape index (κ1) is 16.4. The van der Waals surface area contributed by atoms with E-state index in [1.807, 2.05) is 0 Å². The molecule has 2 aromatic rings. The van der Waals surface area contributed by atoms with Crippen LogP contribution in [0.3, 0.4) is 0 Å². The number of esters is 1. The van der Waals surface area contributed by atoms with Gasteiger partial charge in [-0.25, -0.2) is 4.98 Å². The molecule has 8 heteroatoms. The first-order valence-corrected chi connectivity index (χ1v) is 7.88. The fraction of sp³-hybridized carbons (Fsp3) is 0.143. The molecule has 6 nitrogen and oxygen atoms in total. The van der Waals surface area contributed by atoms with Crippen molar-refractivity contribution in [3.63, 3.8) is 0 Å². The molecular weight excluding hydrogens is 372 g/mol. The Morgan fingerprint density at radius 3 is 2.64 bits per heavy atom. The Balaban J connectivity index is 1.99. The number of nitrogens with zero attached hydrogens (tertiary/aromatic N) is 2. The van der Waals surface area contributed by atoms with Gasteiger partial charge in [-0.2, -0.15) is 0 Å². The number of rotatable bonds is 5. The second-order valence-electron chi connectivity index (χ2n) is 4.22. The van der Waals surface area contributed by atoms with Crippen molar-refractivity contribution in [3.8, 4) is 5.75 Å².